The summed E-state index contributed by atoms with van der Waals surface area (Å²) in [5.41, 5.74) is 1.03. The molecule has 1 amide bonds. The minimum absolute atomic E-state index is 0.229. The Kier molecular flexibility index (Phi) is 3.68. The molecule has 1 aliphatic heterocycles. The summed E-state index contributed by atoms with van der Waals surface area (Å²) in [5.74, 6) is 1.81. The van der Waals surface area contributed by atoms with Gasteiger partial charge in [0.1, 0.15) is 23.0 Å². The second-order valence-corrected chi connectivity index (χ2v) is 5.17. The Balaban J connectivity index is 1.92. The lowest BCUT2D eigenvalue weighted by molar-refractivity contribution is -0.113. The number of rotatable bonds is 3. The minimum atomic E-state index is -0.229. The molecule has 0 bridgehead atoms. The lowest BCUT2D eigenvalue weighted by atomic mass is 10.2. The Labute approximate surface area is 133 Å². The van der Waals surface area contributed by atoms with E-state index in [0.717, 1.165) is 5.76 Å². The van der Waals surface area contributed by atoms with E-state index >= 15 is 0 Å². The molecule has 1 aliphatic rings. The van der Waals surface area contributed by atoms with Crippen molar-refractivity contribution < 1.29 is 13.9 Å². The molecule has 1 aromatic carbocycles. The number of nitrogens with one attached hydrogen (secondary N) is 1. The van der Waals surface area contributed by atoms with Crippen LogP contribution in [0.3, 0.4) is 0 Å². The number of furan rings is 1. The van der Waals surface area contributed by atoms with E-state index in [2.05, 4.69) is 5.32 Å². The summed E-state index contributed by atoms with van der Waals surface area (Å²) < 4.78 is 10.6. The molecule has 2 heterocycles. The van der Waals surface area contributed by atoms with Gasteiger partial charge in [0.25, 0.3) is 5.91 Å². The standard InChI is InChI=1S/C16H14N2O3S/c1-10-6-7-13(21-10)9-14-15(19)18(16(22)17-14)11-4-3-5-12(8-11)20-2/h3-9H,1-2H3,(H,17,22). The lowest BCUT2D eigenvalue weighted by Gasteiger charge is -2.14. The molecule has 6 heteroatoms. The number of amides is 1. The predicted molar refractivity (Wildman–Crippen MR) is 87.6 cm³/mol. The molecule has 5 nitrogen and oxygen atoms in total. The van der Waals surface area contributed by atoms with E-state index in [-0.39, 0.29) is 5.91 Å². The number of carbonyl (C=O) groups excluding carboxylic acids is 1. The second-order valence-electron chi connectivity index (χ2n) is 4.78. The van der Waals surface area contributed by atoms with Gasteiger partial charge in [0.05, 0.1) is 12.8 Å². The van der Waals surface area contributed by atoms with E-state index in [0.29, 0.717) is 28.0 Å². The SMILES string of the molecule is COc1cccc(N2C(=O)C(=Cc3ccc(C)o3)NC2=S)c1. The van der Waals surface area contributed by atoms with Crippen molar-refractivity contribution >= 4 is 35.0 Å². The van der Waals surface area contributed by atoms with Crippen molar-refractivity contribution in [3.05, 3.63) is 53.6 Å². The highest BCUT2D eigenvalue weighted by molar-refractivity contribution is 7.80. The van der Waals surface area contributed by atoms with Crippen LogP contribution in [0.2, 0.25) is 0 Å². The quantitative estimate of drug-likeness (QED) is 0.697. The van der Waals surface area contributed by atoms with Crippen molar-refractivity contribution in [3.8, 4) is 5.75 Å². The van der Waals surface area contributed by atoms with E-state index in [9.17, 15) is 4.79 Å². The summed E-state index contributed by atoms with van der Waals surface area (Å²) in [7, 11) is 1.58. The zero-order chi connectivity index (χ0) is 15.7. The number of thiocarbonyl (C=S) groups is 1. The van der Waals surface area contributed by atoms with E-state index in [1.54, 1.807) is 31.4 Å². The van der Waals surface area contributed by atoms with Crippen LogP contribution in [-0.4, -0.2) is 18.1 Å². The third-order valence-electron chi connectivity index (χ3n) is 3.24. The third kappa shape index (κ3) is 2.60. The summed E-state index contributed by atoms with van der Waals surface area (Å²) in [6.07, 6.45) is 1.64. The summed E-state index contributed by atoms with van der Waals surface area (Å²) in [6, 6.07) is 10.8. The molecule has 0 atom stereocenters. The lowest BCUT2D eigenvalue weighted by Crippen LogP contribution is -2.30. The monoisotopic (exact) mass is 314 g/mol. The van der Waals surface area contributed by atoms with E-state index in [1.165, 1.54) is 4.90 Å². The van der Waals surface area contributed by atoms with Crippen LogP contribution in [-0.2, 0) is 4.79 Å². The number of ether oxygens (including phenoxy) is 1. The van der Waals surface area contributed by atoms with Crippen LogP contribution in [0.15, 0.2) is 46.5 Å². The van der Waals surface area contributed by atoms with Crippen molar-refractivity contribution in [2.45, 2.75) is 6.92 Å². The first-order chi connectivity index (χ1) is 10.6. The average molecular weight is 314 g/mol. The first-order valence-corrected chi connectivity index (χ1v) is 7.07. The smallest absolute Gasteiger partial charge is 0.281 e. The zero-order valence-corrected chi connectivity index (χ0v) is 12.9. The van der Waals surface area contributed by atoms with Crippen LogP contribution < -0.4 is 15.0 Å². The van der Waals surface area contributed by atoms with Crippen molar-refractivity contribution in [2.24, 2.45) is 0 Å². The highest BCUT2D eigenvalue weighted by atomic mass is 32.1. The maximum absolute atomic E-state index is 12.6. The van der Waals surface area contributed by atoms with E-state index in [1.807, 2.05) is 25.1 Å². The first-order valence-electron chi connectivity index (χ1n) is 6.66. The third-order valence-corrected chi connectivity index (χ3v) is 3.52. The van der Waals surface area contributed by atoms with Gasteiger partial charge in [-0.2, -0.15) is 0 Å². The number of hydrogen-bond acceptors (Lipinski definition) is 4. The molecule has 1 aromatic heterocycles. The molecule has 0 unspecified atom stereocenters. The Morgan fingerprint density at radius 1 is 1.32 bits per heavy atom. The predicted octanol–water partition coefficient (Wildman–Crippen LogP) is 2.86. The van der Waals surface area contributed by atoms with Crippen molar-refractivity contribution in [2.75, 3.05) is 12.0 Å². The molecule has 1 saturated heterocycles. The number of nitrogens with zero attached hydrogens (tertiary/aromatic N) is 1. The number of methoxy groups -OCH3 is 1. The number of anilines is 1. The van der Waals surface area contributed by atoms with Gasteiger partial charge in [-0.1, -0.05) is 6.07 Å². The summed E-state index contributed by atoms with van der Waals surface area (Å²) >= 11 is 5.26. The van der Waals surface area contributed by atoms with Gasteiger partial charge in [-0.15, -0.1) is 0 Å². The van der Waals surface area contributed by atoms with Crippen molar-refractivity contribution in [3.63, 3.8) is 0 Å². The van der Waals surface area contributed by atoms with Gasteiger partial charge in [-0.25, -0.2) is 0 Å². The van der Waals surface area contributed by atoms with Crippen LogP contribution in [0, 0.1) is 6.92 Å². The Hall–Kier alpha value is -2.60. The Morgan fingerprint density at radius 2 is 2.14 bits per heavy atom. The topological polar surface area (TPSA) is 54.7 Å². The highest BCUT2D eigenvalue weighted by Crippen LogP contribution is 2.26. The number of hydrogen-bond donors (Lipinski definition) is 1. The second kappa shape index (κ2) is 5.65. The molecular weight excluding hydrogens is 300 g/mol. The molecule has 1 fully saturated rings. The average Bonchev–Trinajstić information content (AvgIpc) is 3.03. The van der Waals surface area contributed by atoms with Crippen LogP contribution in [0.25, 0.3) is 6.08 Å². The number of carbonyl (C=O) groups is 1. The summed E-state index contributed by atoms with van der Waals surface area (Å²) in [5, 5.41) is 3.24. The maximum Gasteiger partial charge on any atom is 0.281 e. The fourth-order valence-corrected chi connectivity index (χ4v) is 2.49. The molecule has 0 saturated carbocycles. The largest absolute Gasteiger partial charge is 0.497 e. The van der Waals surface area contributed by atoms with Crippen molar-refractivity contribution in [1.82, 2.24) is 5.32 Å². The number of benzene rings is 1. The molecule has 3 rings (SSSR count). The van der Waals surface area contributed by atoms with Crippen molar-refractivity contribution in [1.29, 1.82) is 0 Å². The normalized spacial score (nSPS) is 16.3. The zero-order valence-electron chi connectivity index (χ0n) is 12.1. The summed E-state index contributed by atoms with van der Waals surface area (Å²) in [4.78, 5) is 14.0. The molecule has 0 spiro atoms. The molecule has 1 N–H and O–H groups in total. The summed E-state index contributed by atoms with van der Waals surface area (Å²) in [6.45, 7) is 1.85. The number of aryl methyl sites for hydroxylation is 1. The fourth-order valence-electron chi connectivity index (χ4n) is 2.19. The van der Waals surface area contributed by atoms with Gasteiger partial charge in [0.2, 0.25) is 0 Å². The van der Waals surface area contributed by atoms with Crippen LogP contribution in [0.1, 0.15) is 11.5 Å². The fraction of sp³-hybridized carbons (Fsp3) is 0.125. The van der Waals surface area contributed by atoms with Crippen LogP contribution in [0.5, 0.6) is 5.75 Å². The Morgan fingerprint density at radius 3 is 2.82 bits per heavy atom. The minimum Gasteiger partial charge on any atom is -0.497 e. The highest BCUT2D eigenvalue weighted by Gasteiger charge is 2.32. The molecule has 0 radical (unpaired) electrons. The van der Waals surface area contributed by atoms with Gasteiger partial charge in [0.15, 0.2) is 5.11 Å². The van der Waals surface area contributed by atoms with Crippen LogP contribution >= 0.6 is 12.2 Å². The van der Waals surface area contributed by atoms with Gasteiger partial charge in [0, 0.05) is 12.1 Å². The van der Waals surface area contributed by atoms with E-state index in [4.69, 9.17) is 21.4 Å². The molecule has 112 valence electrons. The maximum atomic E-state index is 12.6. The van der Waals surface area contributed by atoms with Gasteiger partial charge >= 0.3 is 0 Å². The van der Waals surface area contributed by atoms with Gasteiger partial charge in [-0.3, -0.25) is 9.69 Å². The molecular formula is C16H14N2O3S. The van der Waals surface area contributed by atoms with Gasteiger partial charge in [-0.05, 0) is 43.4 Å². The molecule has 2 aromatic rings. The Bertz CT molecular complexity index is 779. The first kappa shape index (κ1) is 14.3. The molecule has 22 heavy (non-hydrogen) atoms. The molecule has 0 aliphatic carbocycles. The van der Waals surface area contributed by atoms with E-state index < -0.39 is 0 Å². The van der Waals surface area contributed by atoms with Crippen LogP contribution in [0.4, 0.5) is 5.69 Å². The van der Waals surface area contributed by atoms with Gasteiger partial charge < -0.3 is 14.5 Å².